The number of aliphatic hydroxyl groups is 1. The van der Waals surface area contributed by atoms with Crippen molar-refractivity contribution < 1.29 is 9.84 Å². The van der Waals surface area contributed by atoms with Crippen molar-refractivity contribution in [1.82, 2.24) is 0 Å². The van der Waals surface area contributed by atoms with E-state index in [0.717, 1.165) is 0 Å². The third kappa shape index (κ3) is 6.56. The van der Waals surface area contributed by atoms with E-state index in [-0.39, 0.29) is 18.4 Å². The monoisotopic (exact) mass is 183 g/mol. The van der Waals surface area contributed by atoms with E-state index in [1.807, 2.05) is 6.92 Å². The summed E-state index contributed by atoms with van der Waals surface area (Å²) in [4.78, 5) is 0. The van der Waals surface area contributed by atoms with Gasteiger partial charge in [-0.25, -0.2) is 0 Å². The molecule has 0 unspecified atom stereocenters. The zero-order valence-corrected chi connectivity index (χ0v) is 8.15. The number of hydrogen-bond acceptors (Lipinski definition) is 3. The van der Waals surface area contributed by atoms with Crippen LogP contribution in [0.2, 0.25) is 0 Å². The summed E-state index contributed by atoms with van der Waals surface area (Å²) < 4.78 is 5.04. The summed E-state index contributed by atoms with van der Waals surface area (Å²) in [5.74, 6) is 0. The fourth-order valence-electron chi connectivity index (χ4n) is 0.449. The zero-order valence-electron chi connectivity index (χ0n) is 7.33. The summed E-state index contributed by atoms with van der Waals surface area (Å²) >= 11 is 0. The first-order chi connectivity index (χ1) is 4.48. The fraction of sp³-hybridized carbons (Fsp3) is 1.00. The van der Waals surface area contributed by atoms with Crippen LogP contribution in [0.15, 0.2) is 0 Å². The normalized spacial score (nSPS) is 13.9. The lowest BCUT2D eigenvalue weighted by atomic mass is 10.0. The Morgan fingerprint density at radius 2 is 2.00 bits per heavy atom. The van der Waals surface area contributed by atoms with Crippen molar-refractivity contribution >= 4 is 12.4 Å². The van der Waals surface area contributed by atoms with Crippen molar-refractivity contribution in [3.05, 3.63) is 0 Å². The smallest absolute Gasteiger partial charge is 0.0764 e. The van der Waals surface area contributed by atoms with E-state index in [4.69, 9.17) is 10.5 Å². The summed E-state index contributed by atoms with van der Waals surface area (Å²) in [6, 6.07) is -0.299. The van der Waals surface area contributed by atoms with Crippen LogP contribution >= 0.6 is 12.4 Å². The van der Waals surface area contributed by atoms with Gasteiger partial charge in [0.15, 0.2) is 0 Å². The van der Waals surface area contributed by atoms with Crippen LogP contribution in [0.3, 0.4) is 0 Å². The maximum Gasteiger partial charge on any atom is 0.0764 e. The Morgan fingerprint density at radius 3 is 2.27 bits per heavy atom. The Morgan fingerprint density at radius 1 is 1.55 bits per heavy atom. The largest absolute Gasteiger partial charge is 0.389 e. The topological polar surface area (TPSA) is 55.5 Å². The Hall–Kier alpha value is 0.170. The first kappa shape index (κ1) is 13.7. The predicted octanol–water partition coefficient (Wildman–Crippen LogP) is 0.543. The molecular weight excluding hydrogens is 166 g/mol. The van der Waals surface area contributed by atoms with Crippen LogP contribution in [0.25, 0.3) is 0 Å². The van der Waals surface area contributed by atoms with E-state index in [2.05, 4.69) is 0 Å². The third-order valence-corrected chi connectivity index (χ3v) is 1.41. The molecule has 1 atom stereocenters. The lowest BCUT2D eigenvalue weighted by Gasteiger charge is -2.24. The highest BCUT2D eigenvalue weighted by Crippen LogP contribution is 2.05. The first-order valence-corrected chi connectivity index (χ1v) is 3.54. The minimum absolute atomic E-state index is 0. The second kappa shape index (κ2) is 5.77. The van der Waals surface area contributed by atoms with Crippen molar-refractivity contribution in [2.24, 2.45) is 5.73 Å². The van der Waals surface area contributed by atoms with Gasteiger partial charge in [-0.05, 0) is 20.8 Å². The van der Waals surface area contributed by atoms with Gasteiger partial charge >= 0.3 is 0 Å². The molecule has 0 aliphatic rings. The van der Waals surface area contributed by atoms with Crippen LogP contribution in [-0.4, -0.2) is 30.0 Å². The van der Waals surface area contributed by atoms with Gasteiger partial charge in [-0.15, -0.1) is 12.4 Å². The molecule has 0 fully saturated rings. The molecule has 0 aromatic rings. The van der Waals surface area contributed by atoms with Gasteiger partial charge in [0.2, 0.25) is 0 Å². The second-order valence-corrected chi connectivity index (χ2v) is 2.92. The highest BCUT2D eigenvalue weighted by atomic mass is 35.5. The van der Waals surface area contributed by atoms with Gasteiger partial charge in [0.1, 0.15) is 0 Å². The first-order valence-electron chi connectivity index (χ1n) is 3.54. The highest BCUT2D eigenvalue weighted by molar-refractivity contribution is 5.85. The van der Waals surface area contributed by atoms with E-state index in [1.54, 1.807) is 13.8 Å². The third-order valence-electron chi connectivity index (χ3n) is 1.41. The van der Waals surface area contributed by atoms with Gasteiger partial charge in [-0.3, -0.25) is 0 Å². The van der Waals surface area contributed by atoms with Crippen LogP contribution in [-0.2, 0) is 4.74 Å². The van der Waals surface area contributed by atoms with E-state index < -0.39 is 5.60 Å². The van der Waals surface area contributed by atoms with Crippen molar-refractivity contribution in [2.75, 3.05) is 13.2 Å². The fourth-order valence-corrected chi connectivity index (χ4v) is 0.449. The maximum absolute atomic E-state index is 9.31. The van der Waals surface area contributed by atoms with Gasteiger partial charge < -0.3 is 15.6 Å². The summed E-state index contributed by atoms with van der Waals surface area (Å²) in [6.07, 6.45) is 0. The van der Waals surface area contributed by atoms with Crippen LogP contribution in [0.4, 0.5) is 0 Å². The number of hydrogen-bond donors (Lipinski definition) is 2. The van der Waals surface area contributed by atoms with Crippen molar-refractivity contribution in [1.29, 1.82) is 0 Å². The molecule has 4 heteroatoms. The molecule has 0 bridgehead atoms. The standard InChI is InChI=1S/C7H17NO2.ClH/c1-4-10-5-6(8)7(2,3)9;/h6,9H,4-5,8H2,1-3H3;1H/t6-;/m1./s1. The maximum atomic E-state index is 9.31. The van der Waals surface area contributed by atoms with E-state index >= 15 is 0 Å². The zero-order chi connectivity index (χ0) is 8.20. The Labute approximate surface area is 74.3 Å². The summed E-state index contributed by atoms with van der Waals surface area (Å²) in [6.45, 7) is 6.31. The van der Waals surface area contributed by atoms with Crippen LogP contribution in [0, 0.1) is 0 Å². The number of nitrogens with two attached hydrogens (primary N) is 1. The van der Waals surface area contributed by atoms with Crippen LogP contribution in [0.5, 0.6) is 0 Å². The Bertz CT molecular complexity index is 92.9. The summed E-state index contributed by atoms with van der Waals surface area (Å²) in [5, 5.41) is 9.31. The summed E-state index contributed by atoms with van der Waals surface area (Å²) in [5.41, 5.74) is 4.72. The molecule has 70 valence electrons. The molecule has 3 N–H and O–H groups in total. The highest BCUT2D eigenvalue weighted by Gasteiger charge is 2.22. The molecule has 0 heterocycles. The quantitative estimate of drug-likeness (QED) is 0.669. The van der Waals surface area contributed by atoms with E-state index in [0.29, 0.717) is 13.2 Å². The average molecular weight is 184 g/mol. The van der Waals surface area contributed by atoms with Gasteiger partial charge in [0.25, 0.3) is 0 Å². The number of ether oxygens (including phenoxy) is 1. The molecule has 0 spiro atoms. The van der Waals surface area contributed by atoms with Crippen molar-refractivity contribution in [3.8, 4) is 0 Å². The lowest BCUT2D eigenvalue weighted by Crippen LogP contribution is -2.46. The minimum Gasteiger partial charge on any atom is -0.389 e. The predicted molar refractivity (Wildman–Crippen MR) is 48.0 cm³/mol. The second-order valence-electron chi connectivity index (χ2n) is 2.92. The van der Waals surface area contributed by atoms with E-state index in [9.17, 15) is 5.11 Å². The molecule has 0 aliphatic carbocycles. The van der Waals surface area contributed by atoms with Crippen molar-refractivity contribution in [2.45, 2.75) is 32.4 Å². The van der Waals surface area contributed by atoms with Gasteiger partial charge in [-0.2, -0.15) is 0 Å². The van der Waals surface area contributed by atoms with Gasteiger partial charge in [-0.1, -0.05) is 0 Å². The van der Waals surface area contributed by atoms with E-state index in [1.165, 1.54) is 0 Å². The van der Waals surface area contributed by atoms with Gasteiger partial charge in [0.05, 0.1) is 18.2 Å². The molecule has 0 aromatic heterocycles. The molecule has 0 aromatic carbocycles. The molecule has 0 aliphatic heterocycles. The minimum atomic E-state index is -0.838. The van der Waals surface area contributed by atoms with Crippen molar-refractivity contribution in [3.63, 3.8) is 0 Å². The molecular formula is C7H18ClNO2. The lowest BCUT2D eigenvalue weighted by molar-refractivity contribution is 0.0107. The molecule has 0 rings (SSSR count). The summed E-state index contributed by atoms with van der Waals surface area (Å²) in [7, 11) is 0. The molecule has 0 saturated heterocycles. The number of halogens is 1. The average Bonchev–Trinajstić information content (AvgIpc) is 1.80. The SMILES string of the molecule is CCOC[C@@H](N)C(C)(C)O.Cl. The Kier molecular flexibility index (Phi) is 7.21. The molecule has 0 radical (unpaired) electrons. The number of rotatable bonds is 4. The molecule has 0 saturated carbocycles. The van der Waals surface area contributed by atoms with Crippen LogP contribution < -0.4 is 5.73 Å². The molecule has 11 heavy (non-hydrogen) atoms. The molecule has 3 nitrogen and oxygen atoms in total. The molecule has 0 amide bonds. The van der Waals surface area contributed by atoms with Crippen LogP contribution in [0.1, 0.15) is 20.8 Å². The van der Waals surface area contributed by atoms with Gasteiger partial charge in [0, 0.05) is 6.61 Å². The Balaban J connectivity index is 0.